The number of esters is 2. The van der Waals surface area contributed by atoms with E-state index in [0.29, 0.717) is 30.8 Å². The van der Waals surface area contributed by atoms with E-state index in [1.807, 2.05) is 0 Å². The lowest BCUT2D eigenvalue weighted by Crippen LogP contribution is -2.08. The molecule has 18 heavy (non-hydrogen) atoms. The maximum absolute atomic E-state index is 11.4. The maximum atomic E-state index is 11.4. The molecule has 0 aliphatic heterocycles. The fourth-order valence-corrected chi connectivity index (χ4v) is 1.28. The number of carbonyl (C=O) groups is 2. The molecule has 0 N–H and O–H groups in total. The predicted molar refractivity (Wildman–Crippen MR) is 67.5 cm³/mol. The quantitative estimate of drug-likeness (QED) is 0.441. The average Bonchev–Trinajstić information content (AvgIpc) is 2.37. The molecule has 0 aromatic heterocycles. The van der Waals surface area contributed by atoms with Crippen LogP contribution in [0.5, 0.6) is 5.75 Å². The third-order valence-corrected chi connectivity index (χ3v) is 2.15. The molecule has 0 atom stereocenters. The van der Waals surface area contributed by atoms with Gasteiger partial charge in [0.1, 0.15) is 5.75 Å². The SMILES string of the molecule is C=CCCC(=O)Oc1ccc(C(=O)OCC)cc1. The van der Waals surface area contributed by atoms with Gasteiger partial charge in [0.05, 0.1) is 12.2 Å². The molecule has 0 heterocycles. The minimum atomic E-state index is -0.387. The Morgan fingerprint density at radius 3 is 2.50 bits per heavy atom. The van der Waals surface area contributed by atoms with Gasteiger partial charge in [-0.2, -0.15) is 0 Å². The van der Waals surface area contributed by atoms with Crippen molar-refractivity contribution in [2.75, 3.05) is 6.61 Å². The Morgan fingerprint density at radius 2 is 1.94 bits per heavy atom. The van der Waals surface area contributed by atoms with Gasteiger partial charge in [0.2, 0.25) is 0 Å². The highest BCUT2D eigenvalue weighted by Gasteiger charge is 2.07. The lowest BCUT2D eigenvalue weighted by molar-refractivity contribution is -0.134. The molecule has 0 saturated heterocycles. The number of allylic oxidation sites excluding steroid dienone is 1. The minimum Gasteiger partial charge on any atom is -0.462 e. The first kappa shape index (κ1) is 14.0. The van der Waals surface area contributed by atoms with E-state index >= 15 is 0 Å². The zero-order chi connectivity index (χ0) is 13.4. The standard InChI is InChI=1S/C14H16O4/c1-3-5-6-13(15)18-12-9-7-11(8-10-12)14(16)17-4-2/h3,7-10H,1,4-6H2,2H3. The minimum absolute atomic E-state index is 0.295. The molecule has 0 spiro atoms. The third-order valence-electron chi connectivity index (χ3n) is 2.15. The largest absolute Gasteiger partial charge is 0.462 e. The van der Waals surface area contributed by atoms with Crippen LogP contribution >= 0.6 is 0 Å². The number of hydrogen-bond acceptors (Lipinski definition) is 4. The first-order valence-corrected chi connectivity index (χ1v) is 5.76. The molecule has 0 fully saturated rings. The molecule has 4 nitrogen and oxygen atoms in total. The van der Waals surface area contributed by atoms with Crippen LogP contribution in [0, 0.1) is 0 Å². The van der Waals surface area contributed by atoms with E-state index in [-0.39, 0.29) is 11.9 Å². The van der Waals surface area contributed by atoms with Gasteiger partial charge in [0.25, 0.3) is 0 Å². The molecule has 0 bridgehead atoms. The monoisotopic (exact) mass is 248 g/mol. The van der Waals surface area contributed by atoms with Gasteiger partial charge in [0, 0.05) is 6.42 Å². The van der Waals surface area contributed by atoms with Crippen molar-refractivity contribution in [1.29, 1.82) is 0 Å². The van der Waals surface area contributed by atoms with Crippen LogP contribution in [0.4, 0.5) is 0 Å². The molecule has 0 saturated carbocycles. The maximum Gasteiger partial charge on any atom is 0.338 e. The van der Waals surface area contributed by atoms with Crippen LogP contribution in [-0.4, -0.2) is 18.5 Å². The van der Waals surface area contributed by atoms with Crippen molar-refractivity contribution in [2.24, 2.45) is 0 Å². The van der Waals surface area contributed by atoms with Crippen LogP contribution in [0.15, 0.2) is 36.9 Å². The highest BCUT2D eigenvalue weighted by atomic mass is 16.5. The fourth-order valence-electron chi connectivity index (χ4n) is 1.28. The molecule has 0 aliphatic carbocycles. The highest BCUT2D eigenvalue weighted by molar-refractivity contribution is 5.89. The van der Waals surface area contributed by atoms with E-state index in [4.69, 9.17) is 9.47 Å². The van der Waals surface area contributed by atoms with Crippen molar-refractivity contribution < 1.29 is 19.1 Å². The zero-order valence-corrected chi connectivity index (χ0v) is 10.3. The normalized spacial score (nSPS) is 9.61. The number of hydrogen-bond donors (Lipinski definition) is 0. The summed E-state index contributed by atoms with van der Waals surface area (Å²) < 4.78 is 9.92. The Morgan fingerprint density at radius 1 is 1.28 bits per heavy atom. The summed E-state index contributed by atoms with van der Waals surface area (Å²) >= 11 is 0. The molecule has 1 aromatic rings. The molecule has 4 heteroatoms. The summed E-state index contributed by atoms with van der Waals surface area (Å²) in [6.07, 6.45) is 2.54. The Bertz CT molecular complexity index is 420. The van der Waals surface area contributed by atoms with Gasteiger partial charge in [-0.25, -0.2) is 4.79 Å². The first-order valence-electron chi connectivity index (χ1n) is 5.76. The summed E-state index contributed by atoms with van der Waals surface area (Å²) in [6, 6.07) is 6.26. The highest BCUT2D eigenvalue weighted by Crippen LogP contribution is 2.14. The molecule has 1 rings (SSSR count). The Kier molecular flexibility index (Phi) is 5.64. The van der Waals surface area contributed by atoms with Gasteiger partial charge >= 0.3 is 11.9 Å². The van der Waals surface area contributed by atoms with Crippen LogP contribution in [0.3, 0.4) is 0 Å². The van der Waals surface area contributed by atoms with E-state index in [9.17, 15) is 9.59 Å². The summed E-state index contributed by atoms with van der Waals surface area (Å²) in [5.41, 5.74) is 0.433. The van der Waals surface area contributed by atoms with Crippen LogP contribution in [-0.2, 0) is 9.53 Å². The molecule has 0 amide bonds. The Hall–Kier alpha value is -2.10. The Labute approximate surface area is 106 Å². The lowest BCUT2D eigenvalue weighted by atomic mass is 10.2. The van der Waals surface area contributed by atoms with Gasteiger partial charge in [-0.05, 0) is 37.6 Å². The number of ether oxygens (including phenoxy) is 2. The van der Waals surface area contributed by atoms with Crippen molar-refractivity contribution >= 4 is 11.9 Å². The van der Waals surface area contributed by atoms with E-state index in [1.54, 1.807) is 37.3 Å². The van der Waals surface area contributed by atoms with Gasteiger partial charge in [-0.3, -0.25) is 4.79 Å². The van der Waals surface area contributed by atoms with Crippen molar-refractivity contribution in [2.45, 2.75) is 19.8 Å². The number of benzene rings is 1. The van der Waals surface area contributed by atoms with Gasteiger partial charge < -0.3 is 9.47 Å². The second kappa shape index (κ2) is 7.27. The van der Waals surface area contributed by atoms with Gasteiger partial charge in [-0.15, -0.1) is 6.58 Å². The Balaban J connectivity index is 2.57. The predicted octanol–water partition coefficient (Wildman–Crippen LogP) is 2.73. The zero-order valence-electron chi connectivity index (χ0n) is 10.3. The van der Waals surface area contributed by atoms with Crippen LogP contribution in [0.2, 0.25) is 0 Å². The second-order valence-corrected chi connectivity index (χ2v) is 3.55. The van der Waals surface area contributed by atoms with Crippen molar-refractivity contribution in [3.05, 3.63) is 42.5 Å². The summed E-state index contributed by atoms with van der Waals surface area (Å²) in [5.74, 6) is -0.294. The number of rotatable bonds is 6. The third kappa shape index (κ3) is 4.41. The van der Waals surface area contributed by atoms with Gasteiger partial charge in [-0.1, -0.05) is 6.08 Å². The topological polar surface area (TPSA) is 52.6 Å². The average molecular weight is 248 g/mol. The molecular weight excluding hydrogens is 232 g/mol. The van der Waals surface area contributed by atoms with Crippen molar-refractivity contribution in [3.63, 3.8) is 0 Å². The van der Waals surface area contributed by atoms with E-state index in [2.05, 4.69) is 6.58 Å². The first-order chi connectivity index (χ1) is 8.67. The van der Waals surface area contributed by atoms with Crippen LogP contribution in [0.25, 0.3) is 0 Å². The summed E-state index contributed by atoms with van der Waals surface area (Å²) in [4.78, 5) is 22.7. The van der Waals surface area contributed by atoms with Gasteiger partial charge in [0.15, 0.2) is 0 Å². The van der Waals surface area contributed by atoms with Crippen LogP contribution < -0.4 is 4.74 Å². The molecule has 0 radical (unpaired) electrons. The molecular formula is C14H16O4. The number of carbonyl (C=O) groups excluding carboxylic acids is 2. The molecule has 0 unspecified atom stereocenters. The molecule has 0 aliphatic rings. The molecule has 1 aromatic carbocycles. The van der Waals surface area contributed by atoms with Crippen LogP contribution in [0.1, 0.15) is 30.1 Å². The van der Waals surface area contributed by atoms with E-state index < -0.39 is 0 Å². The van der Waals surface area contributed by atoms with Crippen molar-refractivity contribution in [3.8, 4) is 5.75 Å². The summed E-state index contributed by atoms with van der Waals surface area (Å²) in [5, 5.41) is 0. The fraction of sp³-hybridized carbons (Fsp3) is 0.286. The summed E-state index contributed by atoms with van der Waals surface area (Å²) in [6.45, 7) is 5.60. The molecule has 96 valence electrons. The summed E-state index contributed by atoms with van der Waals surface area (Å²) in [7, 11) is 0. The second-order valence-electron chi connectivity index (χ2n) is 3.55. The van der Waals surface area contributed by atoms with E-state index in [0.717, 1.165) is 0 Å². The van der Waals surface area contributed by atoms with Crippen molar-refractivity contribution in [1.82, 2.24) is 0 Å². The van der Waals surface area contributed by atoms with E-state index in [1.165, 1.54) is 0 Å². The lowest BCUT2D eigenvalue weighted by Gasteiger charge is -2.05. The smallest absolute Gasteiger partial charge is 0.338 e.